The van der Waals surface area contributed by atoms with E-state index in [1.54, 1.807) is 23.8 Å². The van der Waals surface area contributed by atoms with E-state index in [2.05, 4.69) is 24.1 Å². The predicted octanol–water partition coefficient (Wildman–Crippen LogP) is 2.98. The normalized spacial score (nSPS) is 22.5. The van der Waals surface area contributed by atoms with Gasteiger partial charge in [0.05, 0.1) is 19.2 Å². The zero-order chi connectivity index (χ0) is 28.7. The first-order valence-electron chi connectivity index (χ1n) is 14.2. The number of hydrogen-bond donors (Lipinski definition) is 1. The number of ether oxygens (including phenoxy) is 1. The summed E-state index contributed by atoms with van der Waals surface area (Å²) in [6, 6.07) is -1.57. The van der Waals surface area contributed by atoms with E-state index in [1.165, 1.54) is 7.11 Å². The Labute approximate surface area is 229 Å². The van der Waals surface area contributed by atoms with Crippen LogP contribution in [0.2, 0.25) is 0 Å². The molecule has 216 valence electrons. The number of nitrogens with one attached hydrogen (secondary N) is 1. The summed E-state index contributed by atoms with van der Waals surface area (Å²) in [6.07, 6.45) is 6.02. The molecule has 2 aliphatic heterocycles. The number of carbonyl (C=O) groups excluding carboxylic acids is 4. The zero-order valence-corrected chi connectivity index (χ0v) is 25.0. The minimum atomic E-state index is -0.670. The second-order valence-electron chi connectivity index (χ2n) is 11.8. The van der Waals surface area contributed by atoms with Gasteiger partial charge in [0.15, 0.2) is 0 Å². The van der Waals surface area contributed by atoms with E-state index in [4.69, 9.17) is 4.74 Å². The Morgan fingerprint density at radius 3 is 2.11 bits per heavy atom. The minimum Gasteiger partial charge on any atom is -0.467 e. The fourth-order valence-electron chi connectivity index (χ4n) is 5.68. The van der Waals surface area contributed by atoms with Gasteiger partial charge in [-0.2, -0.15) is 0 Å². The van der Waals surface area contributed by atoms with Crippen LogP contribution >= 0.6 is 0 Å². The Hall–Kier alpha value is -2.42. The van der Waals surface area contributed by atoms with Crippen LogP contribution in [-0.2, 0) is 23.9 Å². The maximum atomic E-state index is 13.8. The molecule has 9 heteroatoms. The van der Waals surface area contributed by atoms with E-state index in [-0.39, 0.29) is 47.7 Å². The average molecular weight is 535 g/mol. The number of likely N-dealkylation sites (tertiary alicyclic amines) is 2. The molecule has 0 spiro atoms. The van der Waals surface area contributed by atoms with Crippen LogP contribution in [0.4, 0.5) is 0 Å². The van der Waals surface area contributed by atoms with E-state index in [0.29, 0.717) is 18.5 Å². The van der Waals surface area contributed by atoms with Crippen LogP contribution in [0.1, 0.15) is 80.6 Å². The molecular weight excluding hydrogens is 484 g/mol. The summed E-state index contributed by atoms with van der Waals surface area (Å²) in [5.41, 5.74) is 0.485. The Morgan fingerprint density at radius 1 is 0.921 bits per heavy atom. The van der Waals surface area contributed by atoms with Crippen molar-refractivity contribution in [3.63, 3.8) is 0 Å². The summed E-state index contributed by atoms with van der Waals surface area (Å²) in [5, 5.41) is 3.07. The van der Waals surface area contributed by atoms with Crippen molar-refractivity contribution in [3.05, 3.63) is 11.6 Å². The highest BCUT2D eigenvalue weighted by molar-refractivity contribution is 5.96. The first-order valence-corrected chi connectivity index (χ1v) is 14.2. The van der Waals surface area contributed by atoms with Crippen LogP contribution in [0.5, 0.6) is 0 Å². The van der Waals surface area contributed by atoms with Gasteiger partial charge in [-0.3, -0.25) is 19.3 Å². The van der Waals surface area contributed by atoms with Crippen LogP contribution in [0, 0.1) is 11.8 Å². The van der Waals surface area contributed by atoms with Crippen LogP contribution < -0.4 is 5.32 Å². The number of likely N-dealkylation sites (N-methyl/N-ethyl adjacent to an activating group) is 1. The van der Waals surface area contributed by atoms with Gasteiger partial charge in [0, 0.05) is 25.2 Å². The molecule has 0 aliphatic carbocycles. The van der Waals surface area contributed by atoms with Gasteiger partial charge in [0.2, 0.25) is 17.7 Å². The maximum Gasteiger partial charge on any atom is 0.328 e. The molecule has 2 heterocycles. The van der Waals surface area contributed by atoms with E-state index < -0.39 is 18.1 Å². The van der Waals surface area contributed by atoms with E-state index in [9.17, 15) is 19.2 Å². The number of piperidine rings is 1. The van der Waals surface area contributed by atoms with Crippen molar-refractivity contribution < 1.29 is 23.9 Å². The van der Waals surface area contributed by atoms with Gasteiger partial charge in [-0.15, -0.1) is 0 Å². The van der Waals surface area contributed by atoms with Gasteiger partial charge in [-0.25, -0.2) is 4.79 Å². The Kier molecular flexibility index (Phi) is 11.8. The van der Waals surface area contributed by atoms with Gasteiger partial charge in [-0.05, 0) is 64.8 Å². The average Bonchev–Trinajstić information content (AvgIpc) is 3.37. The number of amides is 3. The largest absolute Gasteiger partial charge is 0.467 e. The lowest BCUT2D eigenvalue weighted by molar-refractivity contribution is -0.149. The SMILES string of the molecule is COC(=O)[C@@H]1CCCN1C(=O)C(C)=C[C@H](C(C)C)N(C)C(=O)[C@@H](NC(=O)C1CCCCN1C(C)C)C(C)C. The fraction of sp³-hybridized carbons (Fsp3) is 0.793. The first kappa shape index (κ1) is 31.8. The van der Waals surface area contributed by atoms with Crippen LogP contribution in [-0.4, -0.2) is 95.8 Å². The number of carbonyl (C=O) groups is 4. The molecule has 0 radical (unpaired) electrons. The second kappa shape index (κ2) is 14.1. The van der Waals surface area contributed by atoms with Crippen molar-refractivity contribution in [2.24, 2.45) is 11.8 Å². The highest BCUT2D eigenvalue weighted by atomic mass is 16.5. The van der Waals surface area contributed by atoms with Gasteiger partial charge >= 0.3 is 5.97 Å². The molecule has 2 aliphatic rings. The first-order chi connectivity index (χ1) is 17.8. The van der Waals surface area contributed by atoms with Crippen molar-refractivity contribution in [2.45, 2.75) is 111 Å². The lowest BCUT2D eigenvalue weighted by Crippen LogP contribution is -2.58. The number of rotatable bonds is 10. The Bertz CT molecular complexity index is 884. The molecular formula is C29H50N4O5. The number of hydrogen-bond acceptors (Lipinski definition) is 6. The number of esters is 1. The van der Waals surface area contributed by atoms with Crippen LogP contribution in [0.15, 0.2) is 11.6 Å². The standard InChI is InChI=1S/C29H50N4O5/c1-18(2)24(17-21(7)27(35)33-16-12-14-23(33)29(37)38-9)31(8)28(36)25(19(3)4)30-26(34)22-13-10-11-15-32(22)20(5)6/h17-20,22-25H,10-16H2,1-9H3,(H,30,34)/t22?,23-,24+,25-/m0/s1. The fourth-order valence-corrected chi connectivity index (χ4v) is 5.68. The van der Waals surface area contributed by atoms with Crippen molar-refractivity contribution in [1.82, 2.24) is 20.0 Å². The van der Waals surface area contributed by atoms with Gasteiger partial charge in [0.25, 0.3) is 0 Å². The number of nitrogens with zero attached hydrogens (tertiary/aromatic N) is 3. The molecule has 1 N–H and O–H groups in total. The molecule has 0 saturated carbocycles. The molecule has 2 saturated heterocycles. The third-order valence-corrected chi connectivity index (χ3v) is 7.96. The summed E-state index contributed by atoms with van der Waals surface area (Å²) >= 11 is 0. The number of methoxy groups -OCH3 is 1. The van der Waals surface area contributed by atoms with E-state index in [1.807, 2.05) is 33.8 Å². The summed E-state index contributed by atoms with van der Waals surface area (Å²) in [6.45, 7) is 15.2. The zero-order valence-electron chi connectivity index (χ0n) is 25.0. The molecule has 0 aromatic carbocycles. The van der Waals surface area contributed by atoms with Gasteiger partial charge in [-0.1, -0.05) is 40.2 Å². The van der Waals surface area contributed by atoms with Crippen molar-refractivity contribution in [2.75, 3.05) is 27.2 Å². The highest BCUT2D eigenvalue weighted by Gasteiger charge is 2.38. The molecule has 38 heavy (non-hydrogen) atoms. The molecule has 0 bridgehead atoms. The van der Waals surface area contributed by atoms with Gasteiger partial charge < -0.3 is 19.9 Å². The summed E-state index contributed by atoms with van der Waals surface area (Å²) in [4.78, 5) is 58.0. The molecule has 0 aromatic rings. The molecule has 2 fully saturated rings. The summed E-state index contributed by atoms with van der Waals surface area (Å²) < 4.78 is 4.88. The van der Waals surface area contributed by atoms with Crippen molar-refractivity contribution in [1.29, 1.82) is 0 Å². The third-order valence-electron chi connectivity index (χ3n) is 7.96. The molecule has 2 rings (SSSR count). The minimum absolute atomic E-state index is 0.0278. The highest BCUT2D eigenvalue weighted by Crippen LogP contribution is 2.24. The molecule has 1 unspecified atom stereocenters. The quantitative estimate of drug-likeness (QED) is 0.342. The van der Waals surface area contributed by atoms with Crippen LogP contribution in [0.25, 0.3) is 0 Å². The molecule has 0 aromatic heterocycles. The second-order valence-corrected chi connectivity index (χ2v) is 11.8. The maximum absolute atomic E-state index is 13.8. The monoisotopic (exact) mass is 534 g/mol. The topological polar surface area (TPSA) is 99.3 Å². The van der Waals surface area contributed by atoms with Crippen molar-refractivity contribution >= 4 is 23.7 Å². The van der Waals surface area contributed by atoms with Crippen molar-refractivity contribution in [3.8, 4) is 0 Å². The van der Waals surface area contributed by atoms with Gasteiger partial charge in [0.1, 0.15) is 12.1 Å². The summed E-state index contributed by atoms with van der Waals surface area (Å²) in [5.74, 6) is -0.964. The molecule has 4 atom stereocenters. The predicted molar refractivity (Wildman–Crippen MR) is 148 cm³/mol. The van der Waals surface area contributed by atoms with E-state index >= 15 is 0 Å². The van der Waals surface area contributed by atoms with E-state index in [0.717, 1.165) is 32.2 Å². The summed E-state index contributed by atoms with van der Waals surface area (Å²) in [7, 11) is 3.07. The Balaban J connectivity index is 2.21. The smallest absolute Gasteiger partial charge is 0.328 e. The Morgan fingerprint density at radius 2 is 1.55 bits per heavy atom. The molecule has 3 amide bonds. The van der Waals surface area contributed by atoms with Crippen LogP contribution in [0.3, 0.4) is 0 Å². The molecule has 9 nitrogen and oxygen atoms in total. The lowest BCUT2D eigenvalue weighted by atomic mass is 9.95. The lowest BCUT2D eigenvalue weighted by Gasteiger charge is -2.39. The third kappa shape index (κ3) is 7.58.